The van der Waals surface area contributed by atoms with Crippen LogP contribution >= 0.6 is 0 Å². The van der Waals surface area contributed by atoms with Gasteiger partial charge in [0, 0.05) is 10.9 Å². The van der Waals surface area contributed by atoms with Crippen LogP contribution in [-0.4, -0.2) is 24.7 Å². The van der Waals surface area contributed by atoms with Crippen LogP contribution in [0.3, 0.4) is 0 Å². The summed E-state index contributed by atoms with van der Waals surface area (Å²) in [6, 6.07) is 19.4. The van der Waals surface area contributed by atoms with Crippen LogP contribution in [0.25, 0.3) is 28.1 Å². The predicted octanol–water partition coefficient (Wildman–Crippen LogP) is 2.75. The predicted molar refractivity (Wildman–Crippen MR) is 84.6 cm³/mol. The zero-order valence-electron chi connectivity index (χ0n) is 12.0. The molecule has 0 aliphatic carbocycles. The molecule has 0 fully saturated rings. The second-order valence-electron chi connectivity index (χ2n) is 4.88. The van der Waals surface area contributed by atoms with Crippen molar-refractivity contribution < 1.29 is 0 Å². The lowest BCUT2D eigenvalue weighted by Crippen LogP contribution is -2.03. The molecular weight excluding hydrogens is 288 g/mol. The highest BCUT2D eigenvalue weighted by Gasteiger charge is 2.12. The van der Waals surface area contributed by atoms with Gasteiger partial charge in [0.2, 0.25) is 0 Å². The number of para-hydroxylation sites is 1. The Balaban J connectivity index is 2.00. The molecule has 0 aliphatic heterocycles. The first-order valence-electron chi connectivity index (χ1n) is 6.99. The lowest BCUT2D eigenvalue weighted by molar-refractivity contribution is 0.846. The summed E-state index contributed by atoms with van der Waals surface area (Å²) >= 11 is 0. The van der Waals surface area contributed by atoms with Crippen molar-refractivity contribution in [2.24, 2.45) is 0 Å². The van der Waals surface area contributed by atoms with E-state index in [1.165, 1.54) is 11.0 Å². The Morgan fingerprint density at radius 2 is 1.70 bits per heavy atom. The monoisotopic (exact) mass is 298 g/mol. The summed E-state index contributed by atoms with van der Waals surface area (Å²) in [6.07, 6.45) is 1.49. The van der Waals surface area contributed by atoms with E-state index in [0.29, 0.717) is 11.6 Å². The molecular formula is C17H10N6. The maximum absolute atomic E-state index is 8.92. The summed E-state index contributed by atoms with van der Waals surface area (Å²) in [6.45, 7) is 0. The third kappa shape index (κ3) is 2.30. The molecule has 6 heteroatoms. The Bertz CT molecular complexity index is 1030. The molecule has 4 rings (SSSR count). The Morgan fingerprint density at radius 1 is 0.913 bits per heavy atom. The SMILES string of the molecule is N#Cc1ncn(-c2nc(-c3ccccc3)nc3ccccc23)n1. The number of nitriles is 1. The maximum atomic E-state index is 8.92. The van der Waals surface area contributed by atoms with Gasteiger partial charge in [-0.25, -0.2) is 19.6 Å². The van der Waals surface area contributed by atoms with E-state index in [1.807, 2.05) is 60.7 Å². The molecule has 0 amide bonds. The molecule has 0 bridgehead atoms. The van der Waals surface area contributed by atoms with Gasteiger partial charge >= 0.3 is 0 Å². The number of aromatic nitrogens is 5. The fourth-order valence-electron chi connectivity index (χ4n) is 2.37. The minimum Gasteiger partial charge on any atom is -0.228 e. The molecule has 23 heavy (non-hydrogen) atoms. The Morgan fingerprint density at radius 3 is 2.48 bits per heavy atom. The van der Waals surface area contributed by atoms with E-state index in [1.54, 1.807) is 0 Å². The van der Waals surface area contributed by atoms with Gasteiger partial charge in [-0.15, -0.1) is 5.10 Å². The molecule has 6 nitrogen and oxygen atoms in total. The minimum absolute atomic E-state index is 0.106. The van der Waals surface area contributed by atoms with Gasteiger partial charge in [0.1, 0.15) is 12.4 Å². The summed E-state index contributed by atoms with van der Waals surface area (Å²) in [4.78, 5) is 13.2. The largest absolute Gasteiger partial charge is 0.252 e. The van der Waals surface area contributed by atoms with Gasteiger partial charge < -0.3 is 0 Å². The molecule has 0 atom stereocenters. The Hall–Kier alpha value is -3.59. The van der Waals surface area contributed by atoms with Crippen LogP contribution in [-0.2, 0) is 0 Å². The molecule has 2 heterocycles. The van der Waals surface area contributed by atoms with Crippen molar-refractivity contribution in [1.29, 1.82) is 5.26 Å². The van der Waals surface area contributed by atoms with Crippen LogP contribution in [0.1, 0.15) is 5.82 Å². The summed E-state index contributed by atoms with van der Waals surface area (Å²) in [5.41, 5.74) is 1.73. The molecule has 4 aromatic rings. The summed E-state index contributed by atoms with van der Waals surface area (Å²) in [5, 5.41) is 13.9. The second kappa shape index (κ2) is 5.31. The van der Waals surface area contributed by atoms with Crippen LogP contribution < -0.4 is 0 Å². The molecule has 0 unspecified atom stereocenters. The van der Waals surface area contributed by atoms with Crippen molar-refractivity contribution in [2.45, 2.75) is 0 Å². The van der Waals surface area contributed by atoms with Gasteiger partial charge in [0.15, 0.2) is 11.6 Å². The van der Waals surface area contributed by atoms with Crippen molar-refractivity contribution in [1.82, 2.24) is 24.7 Å². The third-order valence-corrected chi connectivity index (χ3v) is 3.42. The molecule has 108 valence electrons. The molecule has 0 aliphatic rings. The first kappa shape index (κ1) is 13.1. The average molecular weight is 298 g/mol. The lowest BCUT2D eigenvalue weighted by atomic mass is 10.2. The Labute approximate surface area is 131 Å². The van der Waals surface area contributed by atoms with Crippen molar-refractivity contribution >= 4 is 10.9 Å². The van der Waals surface area contributed by atoms with E-state index in [9.17, 15) is 0 Å². The standard InChI is InChI=1S/C17H10N6/c18-10-15-19-11-23(22-15)17-13-8-4-5-9-14(13)20-16(21-17)12-6-2-1-3-7-12/h1-9,11H. The van der Waals surface area contributed by atoms with Crippen LogP contribution in [0.2, 0.25) is 0 Å². The summed E-state index contributed by atoms with van der Waals surface area (Å²) in [5.74, 6) is 1.31. The number of rotatable bonds is 2. The van der Waals surface area contributed by atoms with E-state index in [4.69, 9.17) is 5.26 Å². The number of benzene rings is 2. The van der Waals surface area contributed by atoms with Crippen LogP contribution in [0, 0.1) is 11.3 Å². The van der Waals surface area contributed by atoms with Crippen LogP contribution in [0.5, 0.6) is 0 Å². The maximum Gasteiger partial charge on any atom is 0.252 e. The molecule has 0 radical (unpaired) electrons. The van der Waals surface area contributed by atoms with Crippen LogP contribution in [0.15, 0.2) is 60.9 Å². The molecule has 2 aromatic carbocycles. The number of fused-ring (bicyclic) bond motifs is 1. The van der Waals surface area contributed by atoms with Gasteiger partial charge in [-0.2, -0.15) is 5.26 Å². The number of hydrogen-bond acceptors (Lipinski definition) is 5. The third-order valence-electron chi connectivity index (χ3n) is 3.42. The fraction of sp³-hybridized carbons (Fsp3) is 0. The van der Waals surface area contributed by atoms with Gasteiger partial charge in [0.25, 0.3) is 5.82 Å². The first-order valence-corrected chi connectivity index (χ1v) is 6.99. The van der Waals surface area contributed by atoms with Gasteiger partial charge in [-0.3, -0.25) is 0 Å². The van der Waals surface area contributed by atoms with Crippen molar-refractivity contribution in [2.75, 3.05) is 0 Å². The van der Waals surface area contributed by atoms with Gasteiger partial charge in [0.05, 0.1) is 5.52 Å². The van der Waals surface area contributed by atoms with Gasteiger partial charge in [-0.1, -0.05) is 42.5 Å². The van der Waals surface area contributed by atoms with E-state index in [2.05, 4.69) is 20.1 Å². The van der Waals surface area contributed by atoms with Crippen molar-refractivity contribution in [3.63, 3.8) is 0 Å². The summed E-state index contributed by atoms with van der Waals surface area (Å²) in [7, 11) is 0. The molecule has 0 spiro atoms. The average Bonchev–Trinajstić information content (AvgIpc) is 3.10. The van der Waals surface area contributed by atoms with Gasteiger partial charge in [-0.05, 0) is 12.1 Å². The smallest absolute Gasteiger partial charge is 0.228 e. The van der Waals surface area contributed by atoms with Crippen LogP contribution in [0.4, 0.5) is 0 Å². The Kier molecular flexibility index (Phi) is 3.03. The topological polar surface area (TPSA) is 80.3 Å². The normalized spacial score (nSPS) is 10.6. The summed E-state index contributed by atoms with van der Waals surface area (Å²) < 4.78 is 1.51. The molecule has 0 saturated carbocycles. The zero-order chi connectivity index (χ0) is 15.6. The number of hydrogen-bond donors (Lipinski definition) is 0. The van der Waals surface area contributed by atoms with E-state index in [0.717, 1.165) is 16.5 Å². The minimum atomic E-state index is 0.106. The van der Waals surface area contributed by atoms with E-state index < -0.39 is 0 Å². The highest BCUT2D eigenvalue weighted by Crippen LogP contribution is 2.23. The number of nitrogens with zero attached hydrogens (tertiary/aromatic N) is 6. The van der Waals surface area contributed by atoms with E-state index in [-0.39, 0.29) is 5.82 Å². The van der Waals surface area contributed by atoms with E-state index >= 15 is 0 Å². The molecule has 0 saturated heterocycles. The zero-order valence-corrected chi connectivity index (χ0v) is 12.0. The highest BCUT2D eigenvalue weighted by atomic mass is 15.4. The fourth-order valence-corrected chi connectivity index (χ4v) is 2.37. The second-order valence-corrected chi connectivity index (χ2v) is 4.88. The highest BCUT2D eigenvalue weighted by molar-refractivity contribution is 5.86. The molecule has 0 N–H and O–H groups in total. The van der Waals surface area contributed by atoms with Crippen molar-refractivity contribution in [3.05, 3.63) is 66.7 Å². The molecule has 2 aromatic heterocycles. The van der Waals surface area contributed by atoms with Crippen molar-refractivity contribution in [3.8, 4) is 23.3 Å². The quantitative estimate of drug-likeness (QED) is 0.568. The first-order chi connectivity index (χ1) is 11.3. The lowest BCUT2D eigenvalue weighted by Gasteiger charge is -2.08.